The number of carbonyl (C=O) groups excluding carboxylic acids is 1. The topological polar surface area (TPSA) is 95.8 Å². The number of aromatic nitrogens is 1. The molecule has 0 N–H and O–H groups in total. The van der Waals surface area contributed by atoms with Gasteiger partial charge in [0.1, 0.15) is 37.1 Å². The zero-order valence-corrected chi connectivity index (χ0v) is 40.3. The fourth-order valence-corrected chi connectivity index (χ4v) is 9.27. The second-order valence-corrected chi connectivity index (χ2v) is 18.5. The minimum atomic E-state index is -0.656. The van der Waals surface area contributed by atoms with Gasteiger partial charge in [-0.2, -0.15) is 0 Å². The summed E-state index contributed by atoms with van der Waals surface area (Å²) in [6.45, 7) is 8.17. The Morgan fingerprint density at radius 2 is 1.21 bits per heavy atom. The predicted octanol–water partition coefficient (Wildman–Crippen LogP) is 11.5. The van der Waals surface area contributed by atoms with Crippen molar-refractivity contribution in [2.75, 3.05) is 19.8 Å². The summed E-state index contributed by atoms with van der Waals surface area (Å²) in [5, 5.41) is 1.16. The lowest BCUT2D eigenvalue weighted by Crippen LogP contribution is -2.59. The highest BCUT2D eigenvalue weighted by molar-refractivity contribution is 5.87. The van der Waals surface area contributed by atoms with E-state index in [1.54, 1.807) is 0 Å². The van der Waals surface area contributed by atoms with E-state index in [1.165, 1.54) is 0 Å². The van der Waals surface area contributed by atoms with Gasteiger partial charge in [0.05, 0.1) is 51.6 Å². The normalized spacial score (nSPS) is 21.1. The molecule has 2 aliphatic heterocycles. The Morgan fingerprint density at radius 1 is 0.643 bits per heavy atom. The van der Waals surface area contributed by atoms with E-state index in [2.05, 4.69) is 109 Å². The second-order valence-electron chi connectivity index (χ2n) is 18.5. The molecule has 10 heteroatoms. The van der Waals surface area contributed by atoms with Crippen LogP contribution in [-0.4, -0.2) is 66.7 Å². The number of aryl methyl sites for hydroxylation is 1. The lowest BCUT2D eigenvalue weighted by molar-refractivity contribution is -0.289. The van der Waals surface area contributed by atoms with E-state index < -0.39 is 36.4 Å². The molecule has 6 atom stereocenters. The number of carbonyl (C=O) groups is 1. The van der Waals surface area contributed by atoms with Crippen LogP contribution in [0, 0.1) is 6.92 Å². The average Bonchev–Trinajstić information content (AvgIpc) is 3.94. The lowest BCUT2D eigenvalue weighted by atomic mass is 9.96. The average molecular weight is 942 g/mol. The summed E-state index contributed by atoms with van der Waals surface area (Å²) in [5.41, 5.74) is 9.69. The van der Waals surface area contributed by atoms with Crippen molar-refractivity contribution in [3.8, 4) is 0 Å². The number of benzene rings is 6. The molecule has 6 aromatic carbocycles. The second kappa shape index (κ2) is 23.6. The first kappa shape index (κ1) is 48.8. The van der Waals surface area contributed by atoms with Crippen molar-refractivity contribution in [2.24, 2.45) is 0 Å². The first-order valence-electron chi connectivity index (χ1n) is 24.3. The first-order valence-corrected chi connectivity index (χ1v) is 24.3. The third-order valence-corrected chi connectivity index (χ3v) is 12.7. The van der Waals surface area contributed by atoms with Crippen LogP contribution < -0.4 is 0 Å². The Bertz CT molecular complexity index is 2740. The number of fused-ring (bicyclic) bond motifs is 1. The highest BCUT2D eigenvalue weighted by Crippen LogP contribution is 2.40. The molecule has 0 bridgehead atoms. The Morgan fingerprint density at radius 3 is 1.80 bits per heavy atom. The van der Waals surface area contributed by atoms with E-state index in [1.807, 2.05) is 98.8 Å². The molecule has 7 aromatic rings. The zero-order valence-electron chi connectivity index (χ0n) is 40.3. The molecule has 0 saturated carbocycles. The molecule has 0 unspecified atom stereocenters. The van der Waals surface area contributed by atoms with Crippen LogP contribution in [0.15, 0.2) is 176 Å². The summed E-state index contributed by atoms with van der Waals surface area (Å²) in [5.74, 6) is -0.964. The molecule has 2 saturated heterocycles. The van der Waals surface area contributed by atoms with Gasteiger partial charge in [-0.25, -0.2) is 0 Å². The standard InChI is InChI=1S/C60H63NO9/c1-43-18-16-28-52-55(43)50(34-45-32-30-44(31-33-45)27-17-29-54(62)64-40-51-41-68-60(2,3)70-51)35-61(52)59-58(67-39-49-25-14-7-15-26-49)57(66-38-48-23-12-6-13-24-48)56(65-37-47-21-10-5-11-22-47)53(69-59)42-63-36-46-19-8-4-9-20-46/h4-28,30-33,35,51,53,56-59H,29,34,36-42H2,1-3H3/t51-,53-,56-,57+,58-,59-/m1/s1. The summed E-state index contributed by atoms with van der Waals surface area (Å²) in [6.07, 6.45) is 3.67. The van der Waals surface area contributed by atoms with Gasteiger partial charge < -0.3 is 42.5 Å². The summed E-state index contributed by atoms with van der Waals surface area (Å²) in [6, 6.07) is 55.7. The summed E-state index contributed by atoms with van der Waals surface area (Å²) < 4.78 is 54.1. The zero-order chi connectivity index (χ0) is 48.1. The third-order valence-electron chi connectivity index (χ3n) is 12.7. The molecule has 0 radical (unpaired) electrons. The molecule has 0 amide bonds. The summed E-state index contributed by atoms with van der Waals surface area (Å²) in [4.78, 5) is 12.5. The van der Waals surface area contributed by atoms with E-state index in [4.69, 9.17) is 37.9 Å². The highest BCUT2D eigenvalue weighted by atomic mass is 16.7. The summed E-state index contributed by atoms with van der Waals surface area (Å²) in [7, 11) is 0. The van der Waals surface area contributed by atoms with Crippen molar-refractivity contribution in [3.63, 3.8) is 0 Å². The van der Waals surface area contributed by atoms with Gasteiger partial charge in [0.25, 0.3) is 0 Å². The van der Waals surface area contributed by atoms with Crippen molar-refractivity contribution in [2.45, 2.75) is 103 Å². The molecule has 2 fully saturated rings. The van der Waals surface area contributed by atoms with Crippen LogP contribution in [0.4, 0.5) is 0 Å². The van der Waals surface area contributed by atoms with Crippen LogP contribution in [0.2, 0.25) is 0 Å². The minimum absolute atomic E-state index is 0.162. The van der Waals surface area contributed by atoms with Crippen LogP contribution in [0.25, 0.3) is 17.0 Å². The smallest absolute Gasteiger partial charge is 0.309 e. The monoisotopic (exact) mass is 941 g/mol. The molecule has 3 heterocycles. The van der Waals surface area contributed by atoms with Crippen LogP contribution in [-0.2, 0) is 75.5 Å². The van der Waals surface area contributed by atoms with E-state index in [9.17, 15) is 4.79 Å². The van der Waals surface area contributed by atoms with Gasteiger partial charge in [-0.15, -0.1) is 0 Å². The SMILES string of the molecule is Cc1cccc2c1c(Cc1ccc(C=CCC(=O)OC[C@@H]3COC(C)(C)O3)cc1)cn2[C@@H]1O[C@H](COCc2ccccc2)[C@@H](OCc2ccccc2)[C@H](OCc2ccccc2)[C@H]1OCc1ccccc1. The van der Waals surface area contributed by atoms with Crippen molar-refractivity contribution >= 4 is 22.9 Å². The van der Waals surface area contributed by atoms with E-state index >= 15 is 0 Å². The number of rotatable bonds is 21. The van der Waals surface area contributed by atoms with E-state index in [0.717, 1.165) is 55.4 Å². The number of nitrogens with zero attached hydrogens (tertiary/aromatic N) is 1. The largest absolute Gasteiger partial charge is 0.463 e. The van der Waals surface area contributed by atoms with E-state index in [-0.39, 0.29) is 31.7 Å². The predicted molar refractivity (Wildman–Crippen MR) is 271 cm³/mol. The third kappa shape index (κ3) is 12.9. The van der Waals surface area contributed by atoms with Gasteiger partial charge in [0.15, 0.2) is 12.0 Å². The molecule has 0 aliphatic carbocycles. The van der Waals surface area contributed by atoms with Gasteiger partial charge in [-0.05, 0) is 77.8 Å². The Balaban J connectivity index is 1.01. The quantitative estimate of drug-likeness (QED) is 0.0653. The van der Waals surface area contributed by atoms with E-state index in [0.29, 0.717) is 39.5 Å². The number of ether oxygens (including phenoxy) is 8. The van der Waals surface area contributed by atoms with Crippen LogP contribution in [0.5, 0.6) is 0 Å². The van der Waals surface area contributed by atoms with Gasteiger partial charge in [0.2, 0.25) is 0 Å². The lowest BCUT2D eigenvalue weighted by Gasteiger charge is -2.46. The maximum absolute atomic E-state index is 12.5. The maximum Gasteiger partial charge on any atom is 0.309 e. The van der Waals surface area contributed by atoms with Gasteiger partial charge in [-0.1, -0.05) is 170 Å². The van der Waals surface area contributed by atoms with Crippen LogP contribution >= 0.6 is 0 Å². The number of esters is 1. The highest BCUT2D eigenvalue weighted by Gasteiger charge is 2.49. The molecular formula is C60H63NO9. The van der Waals surface area contributed by atoms with Gasteiger partial charge >= 0.3 is 5.97 Å². The number of hydrogen-bond donors (Lipinski definition) is 0. The van der Waals surface area contributed by atoms with Crippen molar-refractivity contribution in [1.29, 1.82) is 0 Å². The van der Waals surface area contributed by atoms with Gasteiger partial charge in [-0.3, -0.25) is 4.79 Å². The Labute approximate surface area is 411 Å². The van der Waals surface area contributed by atoms with Gasteiger partial charge in [0, 0.05) is 11.6 Å². The fraction of sp³-hybridized carbons (Fsp3) is 0.317. The number of hydrogen-bond acceptors (Lipinski definition) is 9. The molecular weight excluding hydrogens is 879 g/mol. The fourth-order valence-electron chi connectivity index (χ4n) is 9.27. The molecule has 70 heavy (non-hydrogen) atoms. The van der Waals surface area contributed by atoms with Crippen LogP contribution in [0.1, 0.15) is 71.0 Å². The Hall–Kier alpha value is -6.21. The molecule has 1 aromatic heterocycles. The maximum atomic E-state index is 12.5. The molecule has 0 spiro atoms. The molecule has 10 nitrogen and oxygen atoms in total. The summed E-state index contributed by atoms with van der Waals surface area (Å²) >= 11 is 0. The first-order chi connectivity index (χ1) is 34.2. The molecule has 362 valence electrons. The van der Waals surface area contributed by atoms with Crippen LogP contribution in [0.3, 0.4) is 0 Å². The molecule has 2 aliphatic rings. The molecule has 9 rings (SSSR count). The Kier molecular flexibility index (Phi) is 16.5. The minimum Gasteiger partial charge on any atom is -0.463 e. The van der Waals surface area contributed by atoms with Crippen molar-refractivity contribution < 1.29 is 42.7 Å². The van der Waals surface area contributed by atoms with Crippen molar-refractivity contribution in [3.05, 3.63) is 221 Å². The van der Waals surface area contributed by atoms with Crippen molar-refractivity contribution in [1.82, 2.24) is 4.57 Å².